The van der Waals surface area contributed by atoms with E-state index in [-0.39, 0.29) is 35.7 Å². The molecule has 4 rings (SSSR count). The molecule has 0 bridgehead atoms. The maximum atomic E-state index is 13.2. The molecule has 2 unspecified atom stereocenters. The van der Waals surface area contributed by atoms with Gasteiger partial charge in [0.15, 0.2) is 0 Å². The van der Waals surface area contributed by atoms with Crippen LogP contribution in [0.5, 0.6) is 5.75 Å². The average molecular weight is 500 g/mol. The molecule has 2 atom stereocenters. The van der Waals surface area contributed by atoms with Crippen LogP contribution in [0, 0.1) is 12.8 Å². The van der Waals surface area contributed by atoms with Crippen molar-refractivity contribution in [2.45, 2.75) is 56.9 Å². The second-order valence-corrected chi connectivity index (χ2v) is 11.2. The molecule has 188 valence electrons. The second kappa shape index (κ2) is 10.4. The maximum Gasteiger partial charge on any atom is 0.243 e. The van der Waals surface area contributed by atoms with Gasteiger partial charge in [-0.15, -0.1) is 0 Å². The maximum absolute atomic E-state index is 13.2. The first kappa shape index (κ1) is 25.2. The lowest BCUT2D eigenvalue weighted by Gasteiger charge is -2.34. The Morgan fingerprint density at radius 1 is 1.14 bits per heavy atom. The van der Waals surface area contributed by atoms with E-state index in [0.717, 1.165) is 31.2 Å². The summed E-state index contributed by atoms with van der Waals surface area (Å²) in [5.74, 6) is -0.344. The molecule has 0 aliphatic carbocycles. The molecule has 0 spiro atoms. The number of nitrogens with zero attached hydrogens (tertiary/aromatic N) is 2. The van der Waals surface area contributed by atoms with Gasteiger partial charge in [0.1, 0.15) is 5.75 Å². The lowest BCUT2D eigenvalue weighted by atomic mass is 10.0. The van der Waals surface area contributed by atoms with Crippen LogP contribution in [0.15, 0.2) is 47.4 Å². The van der Waals surface area contributed by atoms with Crippen LogP contribution in [-0.4, -0.2) is 50.8 Å². The van der Waals surface area contributed by atoms with Crippen LogP contribution in [0.1, 0.15) is 44.6 Å². The molecule has 0 aromatic heterocycles. The van der Waals surface area contributed by atoms with Crippen molar-refractivity contribution in [3.05, 3.63) is 48.0 Å². The van der Waals surface area contributed by atoms with E-state index < -0.39 is 15.9 Å². The van der Waals surface area contributed by atoms with Gasteiger partial charge in [0.05, 0.1) is 23.6 Å². The van der Waals surface area contributed by atoms with Crippen LogP contribution in [0.25, 0.3) is 0 Å². The molecule has 0 saturated carbocycles. The zero-order valence-corrected chi connectivity index (χ0v) is 21.3. The summed E-state index contributed by atoms with van der Waals surface area (Å²) in [4.78, 5) is 27.4. The summed E-state index contributed by atoms with van der Waals surface area (Å²) in [6.45, 7) is 4.74. The molecule has 8 nitrogen and oxygen atoms in total. The van der Waals surface area contributed by atoms with Crippen molar-refractivity contribution in [1.29, 1.82) is 0 Å². The molecule has 0 radical (unpaired) electrons. The van der Waals surface area contributed by atoms with Crippen molar-refractivity contribution < 1.29 is 22.7 Å². The highest BCUT2D eigenvalue weighted by Crippen LogP contribution is 2.34. The van der Waals surface area contributed by atoms with E-state index in [1.54, 1.807) is 28.4 Å². The number of benzene rings is 2. The molecule has 2 aromatic carbocycles. The normalized spacial score (nSPS) is 21.2. The van der Waals surface area contributed by atoms with Crippen molar-refractivity contribution >= 4 is 33.2 Å². The minimum Gasteiger partial charge on any atom is -0.495 e. The van der Waals surface area contributed by atoms with Gasteiger partial charge in [-0.3, -0.25) is 9.59 Å². The highest BCUT2D eigenvalue weighted by atomic mass is 32.2. The SMILES string of the molecule is CCC1CCCCN1S(=O)(=O)c1ccc(NC(=O)C2CC(=O)N(c3cc(C)ccc3OC)C2)cc1. The average Bonchev–Trinajstić information content (AvgIpc) is 3.25. The summed E-state index contributed by atoms with van der Waals surface area (Å²) >= 11 is 0. The third-order valence-electron chi connectivity index (χ3n) is 6.89. The number of sulfonamides is 1. The zero-order valence-electron chi connectivity index (χ0n) is 20.5. The Labute approximate surface area is 207 Å². The lowest BCUT2D eigenvalue weighted by molar-refractivity contribution is -0.122. The second-order valence-electron chi connectivity index (χ2n) is 9.27. The number of anilines is 2. The summed E-state index contributed by atoms with van der Waals surface area (Å²) in [7, 11) is -2.03. The first-order chi connectivity index (χ1) is 16.7. The van der Waals surface area contributed by atoms with Gasteiger partial charge in [0.25, 0.3) is 0 Å². The number of hydrogen-bond acceptors (Lipinski definition) is 5. The fraction of sp³-hybridized carbons (Fsp3) is 0.462. The minimum absolute atomic E-state index is 0.0306. The Morgan fingerprint density at radius 2 is 1.89 bits per heavy atom. The number of ether oxygens (including phenoxy) is 1. The molecule has 2 heterocycles. The number of rotatable bonds is 7. The van der Waals surface area contributed by atoms with Gasteiger partial charge >= 0.3 is 0 Å². The van der Waals surface area contributed by atoms with Gasteiger partial charge in [0.2, 0.25) is 21.8 Å². The van der Waals surface area contributed by atoms with Crippen LogP contribution in [0.2, 0.25) is 0 Å². The van der Waals surface area contributed by atoms with Crippen molar-refractivity contribution in [2.24, 2.45) is 5.92 Å². The smallest absolute Gasteiger partial charge is 0.243 e. The molecule has 2 amide bonds. The molecule has 2 fully saturated rings. The Bertz CT molecular complexity index is 1200. The summed E-state index contributed by atoms with van der Waals surface area (Å²) < 4.78 is 33.4. The van der Waals surface area contributed by atoms with Crippen LogP contribution in [0.4, 0.5) is 11.4 Å². The fourth-order valence-electron chi connectivity index (χ4n) is 4.92. The molecule has 1 N–H and O–H groups in total. The number of hydrogen-bond donors (Lipinski definition) is 1. The van der Waals surface area contributed by atoms with Crippen molar-refractivity contribution in [3.8, 4) is 5.75 Å². The van der Waals surface area contributed by atoms with Gasteiger partial charge in [-0.2, -0.15) is 4.31 Å². The number of nitrogens with one attached hydrogen (secondary N) is 1. The number of piperidine rings is 1. The van der Waals surface area contributed by atoms with E-state index in [0.29, 0.717) is 23.7 Å². The molecular weight excluding hydrogens is 466 g/mol. The fourth-order valence-corrected chi connectivity index (χ4v) is 6.68. The van der Waals surface area contributed by atoms with E-state index in [9.17, 15) is 18.0 Å². The van der Waals surface area contributed by atoms with Gasteiger partial charge in [-0.1, -0.05) is 19.4 Å². The summed E-state index contributed by atoms with van der Waals surface area (Å²) in [6, 6.07) is 11.9. The van der Waals surface area contributed by atoms with Gasteiger partial charge in [0, 0.05) is 31.2 Å². The predicted molar refractivity (Wildman–Crippen MR) is 135 cm³/mol. The van der Waals surface area contributed by atoms with Gasteiger partial charge < -0.3 is 15.0 Å². The molecule has 2 saturated heterocycles. The number of amides is 2. The molecule has 2 aromatic rings. The first-order valence-electron chi connectivity index (χ1n) is 12.1. The molecule has 2 aliphatic rings. The number of aryl methyl sites for hydroxylation is 1. The largest absolute Gasteiger partial charge is 0.495 e. The summed E-state index contributed by atoms with van der Waals surface area (Å²) in [5, 5.41) is 2.84. The monoisotopic (exact) mass is 499 g/mol. The van der Waals surface area contributed by atoms with E-state index >= 15 is 0 Å². The quantitative estimate of drug-likeness (QED) is 0.622. The van der Waals surface area contributed by atoms with E-state index in [1.165, 1.54) is 12.1 Å². The Morgan fingerprint density at radius 3 is 2.57 bits per heavy atom. The van der Waals surface area contributed by atoms with Crippen molar-refractivity contribution in [1.82, 2.24) is 4.31 Å². The van der Waals surface area contributed by atoms with Gasteiger partial charge in [-0.25, -0.2) is 8.42 Å². The van der Waals surface area contributed by atoms with Gasteiger partial charge in [-0.05, 0) is 68.1 Å². The molecule has 9 heteroatoms. The van der Waals surface area contributed by atoms with Crippen LogP contribution < -0.4 is 15.0 Å². The van der Waals surface area contributed by atoms with Crippen LogP contribution >= 0.6 is 0 Å². The molecule has 35 heavy (non-hydrogen) atoms. The first-order valence-corrected chi connectivity index (χ1v) is 13.6. The Hall–Kier alpha value is -2.91. The lowest BCUT2D eigenvalue weighted by Crippen LogP contribution is -2.43. The molecule has 2 aliphatic heterocycles. The Kier molecular flexibility index (Phi) is 7.47. The predicted octanol–water partition coefficient (Wildman–Crippen LogP) is 3.95. The molecular formula is C26H33N3O5S. The minimum atomic E-state index is -3.58. The number of methoxy groups -OCH3 is 1. The zero-order chi connectivity index (χ0) is 25.2. The summed E-state index contributed by atoms with van der Waals surface area (Å²) in [6.07, 6.45) is 3.69. The Balaban J connectivity index is 1.44. The number of carbonyl (C=O) groups is 2. The topological polar surface area (TPSA) is 96.0 Å². The third-order valence-corrected chi connectivity index (χ3v) is 8.86. The van der Waals surface area contributed by atoms with E-state index in [4.69, 9.17) is 4.74 Å². The highest BCUT2D eigenvalue weighted by Gasteiger charge is 2.37. The highest BCUT2D eigenvalue weighted by molar-refractivity contribution is 7.89. The van der Waals surface area contributed by atoms with Crippen LogP contribution in [0.3, 0.4) is 0 Å². The summed E-state index contributed by atoms with van der Waals surface area (Å²) in [5.41, 5.74) is 2.15. The van der Waals surface area contributed by atoms with Crippen molar-refractivity contribution in [2.75, 3.05) is 30.4 Å². The third kappa shape index (κ3) is 5.21. The number of carbonyl (C=O) groups excluding carboxylic acids is 2. The standard InChI is InChI=1S/C26H33N3O5S/c1-4-21-7-5-6-14-29(21)35(32,33)22-11-9-20(10-12-22)27-26(31)19-16-25(30)28(17-19)23-15-18(2)8-13-24(23)34-3/h8-13,15,19,21H,4-7,14,16-17H2,1-3H3,(H,27,31). The van der Waals surface area contributed by atoms with E-state index in [1.807, 2.05) is 32.0 Å². The van der Waals surface area contributed by atoms with Crippen molar-refractivity contribution in [3.63, 3.8) is 0 Å². The van der Waals surface area contributed by atoms with E-state index in [2.05, 4.69) is 5.32 Å². The van der Waals surface area contributed by atoms with Crippen LogP contribution in [-0.2, 0) is 19.6 Å².